The summed E-state index contributed by atoms with van der Waals surface area (Å²) in [5.74, 6) is 0. The van der Waals surface area contributed by atoms with E-state index in [-0.39, 0.29) is 31.8 Å². The summed E-state index contributed by atoms with van der Waals surface area (Å²) in [6.07, 6.45) is 0. The fourth-order valence-electron chi connectivity index (χ4n) is 0.0500. The van der Waals surface area contributed by atoms with Crippen molar-refractivity contribution in [3.63, 3.8) is 0 Å². The fraction of sp³-hybridized carbons (Fsp3) is 1.00. The van der Waals surface area contributed by atoms with E-state index in [1.807, 2.05) is 0 Å². The Labute approximate surface area is 67.1 Å². The molecule has 4 N–H and O–H groups in total. The Morgan fingerprint density at radius 2 is 1.09 bits per heavy atom. The van der Waals surface area contributed by atoms with Gasteiger partial charge in [0.25, 0.3) is 0 Å². The number of rotatable bonds is 3. The van der Waals surface area contributed by atoms with Gasteiger partial charge in [-0.25, -0.2) is 0 Å². The minimum atomic E-state index is -0.306. The van der Waals surface area contributed by atoms with Crippen LogP contribution in [0.25, 0.3) is 0 Å². The highest BCUT2D eigenvalue weighted by Gasteiger charge is 2.13. The average Bonchev–Trinajstić information content (AvgIpc) is 2.05. The Balaban J connectivity index is 0. The van der Waals surface area contributed by atoms with Crippen LogP contribution in [-0.4, -0.2) is 46.9 Å². The maximum Gasteiger partial charge on any atom is 0.0662 e. The van der Waals surface area contributed by atoms with Crippen molar-refractivity contribution in [3.05, 3.63) is 0 Å². The number of aliphatic hydroxyl groups is 4. The Bertz CT molecular complexity index is 64.8. The molecule has 0 fully saturated rings. The second-order valence-electron chi connectivity index (χ2n) is 2.93. The summed E-state index contributed by atoms with van der Waals surface area (Å²) in [6.45, 7) is 3.44. The van der Waals surface area contributed by atoms with E-state index >= 15 is 0 Å². The lowest BCUT2D eigenvalue weighted by molar-refractivity contribution is 0.0857. The van der Waals surface area contributed by atoms with E-state index in [2.05, 4.69) is 0 Å². The van der Waals surface area contributed by atoms with Crippen LogP contribution >= 0.6 is 0 Å². The first-order valence-electron chi connectivity index (χ1n) is 3.47. The number of aliphatic hydroxyl groups excluding tert-OH is 4. The van der Waals surface area contributed by atoms with Crippen molar-refractivity contribution in [1.29, 1.82) is 0 Å². The van der Waals surface area contributed by atoms with Gasteiger partial charge in [-0.2, -0.15) is 0 Å². The smallest absolute Gasteiger partial charge is 0.0662 e. The van der Waals surface area contributed by atoms with E-state index in [4.69, 9.17) is 20.4 Å². The summed E-state index contributed by atoms with van der Waals surface area (Å²) in [5, 5.41) is 32.1. The summed E-state index contributed by atoms with van der Waals surface area (Å²) in [6, 6.07) is 0. The van der Waals surface area contributed by atoms with Crippen LogP contribution in [0.3, 0.4) is 0 Å². The predicted octanol–water partition coefficient (Wildman–Crippen LogP) is -1.03. The Hall–Kier alpha value is -0.160. The molecule has 0 aromatic rings. The Kier molecular flexibility index (Phi) is 9.70. The van der Waals surface area contributed by atoms with Crippen molar-refractivity contribution in [2.75, 3.05) is 26.4 Å². The van der Waals surface area contributed by atoms with E-state index in [0.717, 1.165) is 0 Å². The molecule has 0 spiro atoms. The third-order valence-electron chi connectivity index (χ3n) is 0.956. The topological polar surface area (TPSA) is 80.9 Å². The van der Waals surface area contributed by atoms with Crippen molar-refractivity contribution >= 4 is 0 Å². The van der Waals surface area contributed by atoms with Gasteiger partial charge in [0.15, 0.2) is 0 Å². The van der Waals surface area contributed by atoms with Crippen LogP contribution in [0.1, 0.15) is 13.8 Å². The second-order valence-corrected chi connectivity index (χ2v) is 2.93. The molecule has 0 unspecified atom stereocenters. The van der Waals surface area contributed by atoms with Crippen molar-refractivity contribution in [1.82, 2.24) is 0 Å². The second kappa shape index (κ2) is 7.94. The molecule has 0 heterocycles. The van der Waals surface area contributed by atoms with Gasteiger partial charge in [-0.1, -0.05) is 13.8 Å². The molecule has 0 saturated heterocycles. The van der Waals surface area contributed by atoms with Gasteiger partial charge in [0, 0.05) is 5.41 Å². The lowest BCUT2D eigenvalue weighted by Gasteiger charge is -2.16. The van der Waals surface area contributed by atoms with Crippen LogP contribution in [0, 0.1) is 5.41 Å². The van der Waals surface area contributed by atoms with Crippen LogP contribution in [0.4, 0.5) is 0 Å². The van der Waals surface area contributed by atoms with Gasteiger partial charge in [-0.05, 0) is 0 Å². The molecule has 0 aliphatic carbocycles. The van der Waals surface area contributed by atoms with Gasteiger partial charge in [-0.3, -0.25) is 0 Å². The van der Waals surface area contributed by atoms with E-state index in [1.165, 1.54) is 0 Å². The van der Waals surface area contributed by atoms with Crippen molar-refractivity contribution in [2.45, 2.75) is 13.8 Å². The zero-order chi connectivity index (χ0) is 9.33. The van der Waals surface area contributed by atoms with Crippen molar-refractivity contribution in [3.8, 4) is 0 Å². The molecule has 0 amide bonds. The van der Waals surface area contributed by atoms with Crippen molar-refractivity contribution in [2.24, 2.45) is 5.41 Å². The molecule has 0 saturated carbocycles. The first kappa shape index (κ1) is 13.4. The quantitative estimate of drug-likeness (QED) is 0.432. The molecule has 4 heteroatoms. The third kappa shape index (κ3) is 12.9. The molecule has 0 bridgehead atoms. The molecular weight excluding hydrogens is 148 g/mol. The maximum atomic E-state index is 8.43. The molecule has 0 aromatic heterocycles. The maximum absolute atomic E-state index is 8.43. The molecule has 0 rings (SSSR count). The monoisotopic (exact) mass is 166 g/mol. The van der Waals surface area contributed by atoms with E-state index < -0.39 is 0 Å². The molecule has 0 aliphatic rings. The van der Waals surface area contributed by atoms with Crippen molar-refractivity contribution < 1.29 is 20.4 Å². The van der Waals surface area contributed by atoms with Gasteiger partial charge in [0.1, 0.15) is 0 Å². The van der Waals surface area contributed by atoms with E-state index in [9.17, 15) is 0 Å². The van der Waals surface area contributed by atoms with Gasteiger partial charge >= 0.3 is 0 Å². The number of hydrogen-bond acceptors (Lipinski definition) is 4. The molecule has 11 heavy (non-hydrogen) atoms. The highest BCUT2D eigenvalue weighted by molar-refractivity contribution is 4.62. The summed E-state index contributed by atoms with van der Waals surface area (Å²) < 4.78 is 0. The molecule has 4 nitrogen and oxygen atoms in total. The Morgan fingerprint density at radius 1 is 0.818 bits per heavy atom. The minimum absolute atomic E-state index is 0.0451. The largest absolute Gasteiger partial charge is 0.396 e. The zero-order valence-corrected chi connectivity index (χ0v) is 7.12. The van der Waals surface area contributed by atoms with Crippen LogP contribution < -0.4 is 0 Å². The lowest BCUT2D eigenvalue weighted by atomic mass is 9.97. The first-order chi connectivity index (χ1) is 5.04. The fourth-order valence-corrected chi connectivity index (χ4v) is 0.0500. The van der Waals surface area contributed by atoms with Gasteiger partial charge in [0.05, 0.1) is 26.4 Å². The molecular formula is C7H18O4. The standard InChI is InChI=1S/C5H12O2.C2H6O2/c1-5(2,3-6)4-7;3-1-2-4/h6-7H,3-4H2,1-2H3;3-4H,1-2H2. The molecule has 0 aliphatic heterocycles. The molecule has 0 aromatic carbocycles. The Morgan fingerprint density at radius 3 is 1.09 bits per heavy atom. The zero-order valence-electron chi connectivity index (χ0n) is 7.12. The average molecular weight is 166 g/mol. The highest BCUT2D eigenvalue weighted by atomic mass is 16.3. The molecule has 0 atom stereocenters. The first-order valence-corrected chi connectivity index (χ1v) is 3.47. The lowest BCUT2D eigenvalue weighted by Crippen LogP contribution is -2.20. The van der Waals surface area contributed by atoms with E-state index in [1.54, 1.807) is 13.8 Å². The predicted molar refractivity (Wildman–Crippen MR) is 42.1 cm³/mol. The SMILES string of the molecule is CC(C)(CO)CO.OCCO. The van der Waals surface area contributed by atoms with Crippen LogP contribution in [0.2, 0.25) is 0 Å². The summed E-state index contributed by atoms with van der Waals surface area (Å²) in [4.78, 5) is 0. The summed E-state index contributed by atoms with van der Waals surface area (Å²) >= 11 is 0. The van der Waals surface area contributed by atoms with Gasteiger partial charge < -0.3 is 20.4 Å². The van der Waals surface area contributed by atoms with Crippen LogP contribution in [0.15, 0.2) is 0 Å². The van der Waals surface area contributed by atoms with Gasteiger partial charge in [0.2, 0.25) is 0 Å². The third-order valence-corrected chi connectivity index (χ3v) is 0.956. The summed E-state index contributed by atoms with van der Waals surface area (Å²) in [5.41, 5.74) is -0.306. The van der Waals surface area contributed by atoms with Crippen LogP contribution in [0.5, 0.6) is 0 Å². The highest BCUT2D eigenvalue weighted by Crippen LogP contribution is 2.10. The number of hydrogen-bond donors (Lipinski definition) is 4. The molecule has 0 radical (unpaired) electrons. The normalized spacial score (nSPS) is 10.4. The van der Waals surface area contributed by atoms with Gasteiger partial charge in [-0.15, -0.1) is 0 Å². The summed E-state index contributed by atoms with van der Waals surface area (Å²) in [7, 11) is 0. The minimum Gasteiger partial charge on any atom is -0.396 e. The van der Waals surface area contributed by atoms with E-state index in [0.29, 0.717) is 0 Å². The van der Waals surface area contributed by atoms with Crippen LogP contribution in [-0.2, 0) is 0 Å². The molecule has 70 valence electrons.